The van der Waals surface area contributed by atoms with E-state index in [-0.39, 0.29) is 25.2 Å². The van der Waals surface area contributed by atoms with Crippen molar-refractivity contribution in [2.45, 2.75) is 12.8 Å². The lowest BCUT2D eigenvalue weighted by Gasteiger charge is -2.06. The summed E-state index contributed by atoms with van der Waals surface area (Å²) in [5.41, 5.74) is 0. The normalized spacial score (nSPS) is 13.1. The molecule has 0 saturated carbocycles. The highest BCUT2D eigenvalue weighted by atomic mass is 35.5. The van der Waals surface area contributed by atoms with Crippen molar-refractivity contribution < 1.29 is 24.3 Å². The maximum absolute atomic E-state index is 10.8. The number of carbonyl (C=O) groups excluding carboxylic acids is 3. The summed E-state index contributed by atoms with van der Waals surface area (Å²) in [7, 11) is 0. The van der Waals surface area contributed by atoms with E-state index in [9.17, 15) is 19.2 Å². The Kier molecular flexibility index (Phi) is 8.45. The second-order valence-corrected chi connectivity index (χ2v) is 2.71. The lowest BCUT2D eigenvalue weighted by atomic mass is 10.4. The number of imide groups is 3. The van der Waals surface area contributed by atoms with E-state index in [4.69, 9.17) is 5.11 Å². The number of aliphatic carboxylic acids is 1. The maximum atomic E-state index is 10.8. The maximum Gasteiger partial charge on any atom is 0.327 e. The number of carboxylic acids is 1. The smallest absolute Gasteiger partial charge is 0.327 e. The zero-order valence-electron chi connectivity index (χ0n) is 8.92. The van der Waals surface area contributed by atoms with Crippen LogP contribution in [-0.2, 0) is 19.2 Å². The van der Waals surface area contributed by atoms with Gasteiger partial charge in [0, 0.05) is 18.9 Å². The molecule has 1 aliphatic heterocycles. The van der Waals surface area contributed by atoms with Crippen LogP contribution in [0.1, 0.15) is 12.8 Å². The Bertz CT molecular complexity index is 348. The van der Waals surface area contributed by atoms with Crippen molar-refractivity contribution in [3.05, 3.63) is 25.3 Å². The van der Waals surface area contributed by atoms with Gasteiger partial charge in [0.1, 0.15) is 0 Å². The predicted octanol–water partition coefficient (Wildman–Crippen LogP) is 0.527. The Balaban J connectivity index is 0. The lowest BCUT2D eigenvalue weighted by Crippen LogP contribution is -2.33. The molecule has 1 aliphatic rings. The Morgan fingerprint density at radius 2 is 1.47 bits per heavy atom. The predicted molar refractivity (Wildman–Crippen MR) is 61.4 cm³/mol. The number of rotatable bonds is 2. The Labute approximate surface area is 104 Å². The standard InChI is InChI=1S/C7H7NO3.C3H4O2.ClH/c1-2-5(9)8-6(10)3-4-7(8)11;1-2-3(4)5;/h2H,1,3-4H2;2H,1H2,(H,4,5);1H. The minimum atomic E-state index is -0.981. The molecule has 1 heterocycles. The Hall–Kier alpha value is -1.95. The molecule has 1 fully saturated rings. The second-order valence-electron chi connectivity index (χ2n) is 2.71. The summed E-state index contributed by atoms with van der Waals surface area (Å²) in [6.45, 7) is 6.14. The first kappa shape index (κ1) is 17.4. The van der Waals surface area contributed by atoms with Gasteiger partial charge in [-0.05, 0) is 6.08 Å². The van der Waals surface area contributed by atoms with E-state index in [2.05, 4.69) is 13.2 Å². The number of amides is 3. The van der Waals surface area contributed by atoms with Gasteiger partial charge in [-0.2, -0.15) is 0 Å². The van der Waals surface area contributed by atoms with Crippen molar-refractivity contribution >= 4 is 36.1 Å². The van der Waals surface area contributed by atoms with E-state index >= 15 is 0 Å². The van der Waals surface area contributed by atoms with Crippen molar-refractivity contribution in [3.8, 4) is 0 Å². The highest BCUT2D eigenvalue weighted by Crippen LogP contribution is 2.11. The first-order chi connectivity index (χ1) is 7.43. The second kappa shape index (κ2) is 8.23. The highest BCUT2D eigenvalue weighted by molar-refractivity contribution is 6.17. The van der Waals surface area contributed by atoms with Crippen molar-refractivity contribution in [1.29, 1.82) is 0 Å². The van der Waals surface area contributed by atoms with Crippen LogP contribution in [0.2, 0.25) is 0 Å². The molecule has 0 bridgehead atoms. The minimum Gasteiger partial charge on any atom is -0.478 e. The topological polar surface area (TPSA) is 91.8 Å². The molecule has 94 valence electrons. The van der Waals surface area contributed by atoms with Gasteiger partial charge in [0.05, 0.1) is 0 Å². The number of halogens is 1. The number of likely N-dealkylation sites (tertiary alicyclic amines) is 1. The van der Waals surface area contributed by atoms with E-state index < -0.39 is 23.7 Å². The molecule has 0 aromatic rings. The van der Waals surface area contributed by atoms with E-state index in [0.29, 0.717) is 4.90 Å². The molecule has 0 unspecified atom stereocenters. The molecule has 0 spiro atoms. The summed E-state index contributed by atoms with van der Waals surface area (Å²) in [5.74, 6) is -2.47. The van der Waals surface area contributed by atoms with Gasteiger partial charge < -0.3 is 5.11 Å². The lowest BCUT2D eigenvalue weighted by molar-refractivity contribution is -0.147. The Morgan fingerprint density at radius 3 is 1.71 bits per heavy atom. The van der Waals surface area contributed by atoms with Crippen LogP contribution in [0.25, 0.3) is 0 Å². The molecule has 0 aliphatic carbocycles. The quantitative estimate of drug-likeness (QED) is 0.578. The summed E-state index contributed by atoms with van der Waals surface area (Å²) < 4.78 is 0. The van der Waals surface area contributed by atoms with E-state index in [1.807, 2.05) is 0 Å². The Morgan fingerprint density at radius 1 is 1.12 bits per heavy atom. The molecule has 0 radical (unpaired) electrons. The number of carboxylic acid groups (broad SMARTS) is 1. The van der Waals surface area contributed by atoms with Crippen LogP contribution in [0, 0.1) is 0 Å². The monoisotopic (exact) mass is 261 g/mol. The fourth-order valence-electron chi connectivity index (χ4n) is 0.914. The average molecular weight is 262 g/mol. The number of carbonyl (C=O) groups is 4. The van der Waals surface area contributed by atoms with E-state index in [1.165, 1.54) is 0 Å². The number of hydrogen-bond acceptors (Lipinski definition) is 4. The van der Waals surface area contributed by atoms with Crippen LogP contribution in [0.5, 0.6) is 0 Å². The van der Waals surface area contributed by atoms with E-state index in [1.54, 1.807) is 0 Å². The first-order valence-electron chi connectivity index (χ1n) is 4.31. The van der Waals surface area contributed by atoms with Crippen LogP contribution in [0.15, 0.2) is 25.3 Å². The van der Waals surface area contributed by atoms with Gasteiger partial charge in [-0.15, -0.1) is 12.4 Å². The molecular weight excluding hydrogens is 250 g/mol. The van der Waals surface area contributed by atoms with Gasteiger partial charge in [0.15, 0.2) is 0 Å². The van der Waals surface area contributed by atoms with Gasteiger partial charge in [0.25, 0.3) is 5.91 Å². The van der Waals surface area contributed by atoms with Crippen LogP contribution >= 0.6 is 12.4 Å². The zero-order valence-corrected chi connectivity index (χ0v) is 9.74. The van der Waals surface area contributed by atoms with Crippen LogP contribution in [0.3, 0.4) is 0 Å². The number of hydrogen-bond donors (Lipinski definition) is 1. The molecule has 0 aromatic carbocycles. The van der Waals surface area contributed by atoms with Crippen molar-refractivity contribution in [2.24, 2.45) is 0 Å². The molecule has 1 rings (SSSR count). The molecule has 0 aromatic heterocycles. The van der Waals surface area contributed by atoms with Gasteiger partial charge in [0.2, 0.25) is 11.8 Å². The summed E-state index contributed by atoms with van der Waals surface area (Å²) in [4.78, 5) is 42.3. The minimum absolute atomic E-state index is 0. The third kappa shape index (κ3) is 5.62. The fourth-order valence-corrected chi connectivity index (χ4v) is 0.914. The third-order valence-electron chi connectivity index (χ3n) is 1.62. The summed E-state index contributed by atoms with van der Waals surface area (Å²) in [6.07, 6.45) is 2.07. The molecule has 7 heteroatoms. The molecule has 3 amide bonds. The van der Waals surface area contributed by atoms with Crippen molar-refractivity contribution in [1.82, 2.24) is 4.90 Å². The number of nitrogens with zero attached hydrogens (tertiary/aromatic N) is 1. The molecular formula is C10H12ClNO5. The molecule has 6 nitrogen and oxygen atoms in total. The zero-order chi connectivity index (χ0) is 12.7. The van der Waals surface area contributed by atoms with Crippen molar-refractivity contribution in [3.63, 3.8) is 0 Å². The SMILES string of the molecule is C=CC(=O)N1C(=O)CCC1=O.C=CC(=O)O.Cl. The summed E-state index contributed by atoms with van der Waals surface area (Å²) in [5, 5.41) is 7.60. The summed E-state index contributed by atoms with van der Waals surface area (Å²) >= 11 is 0. The fraction of sp³-hybridized carbons (Fsp3) is 0.200. The van der Waals surface area contributed by atoms with Gasteiger partial charge in [-0.25, -0.2) is 9.69 Å². The van der Waals surface area contributed by atoms with Gasteiger partial charge in [-0.1, -0.05) is 13.2 Å². The summed E-state index contributed by atoms with van der Waals surface area (Å²) in [6, 6.07) is 0. The van der Waals surface area contributed by atoms with E-state index in [0.717, 1.165) is 12.2 Å². The average Bonchev–Trinajstić information content (AvgIpc) is 2.58. The van der Waals surface area contributed by atoms with Gasteiger partial charge in [-0.3, -0.25) is 14.4 Å². The first-order valence-corrected chi connectivity index (χ1v) is 4.31. The largest absolute Gasteiger partial charge is 0.478 e. The van der Waals surface area contributed by atoms with Crippen LogP contribution < -0.4 is 0 Å². The molecule has 1 N–H and O–H groups in total. The van der Waals surface area contributed by atoms with Crippen molar-refractivity contribution in [2.75, 3.05) is 0 Å². The third-order valence-corrected chi connectivity index (χ3v) is 1.62. The van der Waals surface area contributed by atoms with Crippen LogP contribution in [-0.4, -0.2) is 33.7 Å². The van der Waals surface area contributed by atoms with Crippen LogP contribution in [0.4, 0.5) is 0 Å². The molecule has 17 heavy (non-hydrogen) atoms. The highest BCUT2D eigenvalue weighted by Gasteiger charge is 2.32. The molecule has 0 atom stereocenters. The van der Waals surface area contributed by atoms with Gasteiger partial charge >= 0.3 is 5.97 Å². The molecule has 1 saturated heterocycles.